The summed E-state index contributed by atoms with van der Waals surface area (Å²) in [5, 5.41) is 3.21. The molecule has 1 aromatic carbocycles. The van der Waals surface area contributed by atoms with E-state index in [0.717, 1.165) is 6.54 Å². The Labute approximate surface area is 129 Å². The second-order valence-corrected chi connectivity index (χ2v) is 5.13. The van der Waals surface area contributed by atoms with Crippen molar-refractivity contribution in [3.63, 3.8) is 0 Å². The molecule has 21 heavy (non-hydrogen) atoms. The molecule has 0 aliphatic carbocycles. The van der Waals surface area contributed by atoms with Gasteiger partial charge >= 0.3 is 0 Å². The zero-order chi connectivity index (χ0) is 15.8. The van der Waals surface area contributed by atoms with Crippen LogP contribution in [0.25, 0.3) is 0 Å². The Morgan fingerprint density at radius 3 is 2.67 bits per heavy atom. The molecule has 0 saturated heterocycles. The van der Waals surface area contributed by atoms with Crippen LogP contribution in [0.5, 0.6) is 0 Å². The molecule has 2 amide bonds. The summed E-state index contributed by atoms with van der Waals surface area (Å²) in [5.74, 6) is -0.468. The number of nitrogens with one attached hydrogen (secondary N) is 1. The highest BCUT2D eigenvalue weighted by atomic mass is 35.5. The van der Waals surface area contributed by atoms with Crippen molar-refractivity contribution in [1.29, 1.82) is 0 Å². The maximum Gasteiger partial charge on any atom is 0.231 e. The zero-order valence-electron chi connectivity index (χ0n) is 12.1. The lowest BCUT2D eigenvalue weighted by molar-refractivity contribution is -0.119. The van der Waals surface area contributed by atoms with Crippen LogP contribution < -0.4 is 16.8 Å². The molecular formula is C14H21ClN4O2. The molecule has 0 radical (unpaired) electrons. The number of nitrogen functional groups attached to an aromatic ring is 1. The average Bonchev–Trinajstić information content (AvgIpc) is 2.41. The van der Waals surface area contributed by atoms with E-state index in [9.17, 15) is 9.59 Å². The van der Waals surface area contributed by atoms with Crippen LogP contribution in [0.4, 0.5) is 11.4 Å². The molecule has 1 rings (SSSR count). The molecule has 7 heteroatoms. The van der Waals surface area contributed by atoms with Gasteiger partial charge in [0.1, 0.15) is 0 Å². The number of primary amides is 1. The summed E-state index contributed by atoms with van der Waals surface area (Å²) in [4.78, 5) is 24.5. The molecule has 0 bridgehead atoms. The second-order valence-electron chi connectivity index (χ2n) is 4.72. The van der Waals surface area contributed by atoms with Crippen molar-refractivity contribution in [2.75, 3.05) is 30.7 Å². The van der Waals surface area contributed by atoms with Crippen molar-refractivity contribution in [3.8, 4) is 0 Å². The number of anilines is 2. The summed E-state index contributed by atoms with van der Waals surface area (Å²) in [6.07, 6.45) is 1.01. The third-order valence-corrected chi connectivity index (χ3v) is 3.33. The molecule has 116 valence electrons. The summed E-state index contributed by atoms with van der Waals surface area (Å²) in [5.41, 5.74) is 11.9. The highest BCUT2D eigenvalue weighted by Gasteiger charge is 2.08. The smallest absolute Gasteiger partial charge is 0.231 e. The van der Waals surface area contributed by atoms with E-state index >= 15 is 0 Å². The van der Waals surface area contributed by atoms with E-state index in [1.54, 1.807) is 18.2 Å². The van der Waals surface area contributed by atoms with E-state index in [4.69, 9.17) is 23.1 Å². The Balaban J connectivity index is 2.36. The summed E-state index contributed by atoms with van der Waals surface area (Å²) in [6.45, 7) is 3.53. The van der Waals surface area contributed by atoms with Gasteiger partial charge in [-0.05, 0) is 37.7 Å². The van der Waals surface area contributed by atoms with E-state index < -0.39 is 0 Å². The van der Waals surface area contributed by atoms with Crippen molar-refractivity contribution >= 4 is 34.8 Å². The van der Waals surface area contributed by atoms with Crippen LogP contribution in [0, 0.1) is 0 Å². The van der Waals surface area contributed by atoms with Gasteiger partial charge in [-0.3, -0.25) is 14.5 Å². The van der Waals surface area contributed by atoms with E-state index in [1.807, 2.05) is 11.8 Å². The monoisotopic (exact) mass is 312 g/mol. The molecule has 0 spiro atoms. The minimum Gasteiger partial charge on any atom is -0.397 e. The number of benzene rings is 1. The van der Waals surface area contributed by atoms with Gasteiger partial charge < -0.3 is 16.8 Å². The van der Waals surface area contributed by atoms with Crippen LogP contribution in [-0.4, -0.2) is 36.3 Å². The van der Waals surface area contributed by atoms with Crippen LogP contribution in [0.2, 0.25) is 5.02 Å². The van der Waals surface area contributed by atoms with E-state index in [2.05, 4.69) is 5.32 Å². The first kappa shape index (κ1) is 17.3. The van der Waals surface area contributed by atoms with Gasteiger partial charge in [0.25, 0.3) is 0 Å². The van der Waals surface area contributed by atoms with Crippen molar-refractivity contribution in [2.45, 2.75) is 19.8 Å². The molecule has 0 aromatic heterocycles. The van der Waals surface area contributed by atoms with Crippen LogP contribution >= 0.6 is 11.6 Å². The fourth-order valence-corrected chi connectivity index (χ4v) is 2.00. The number of amides is 2. The zero-order valence-corrected chi connectivity index (χ0v) is 12.8. The van der Waals surface area contributed by atoms with Crippen molar-refractivity contribution in [3.05, 3.63) is 23.2 Å². The Morgan fingerprint density at radius 2 is 2.10 bits per heavy atom. The van der Waals surface area contributed by atoms with E-state index in [-0.39, 0.29) is 18.4 Å². The Bertz CT molecular complexity index is 508. The normalized spacial score (nSPS) is 10.6. The van der Waals surface area contributed by atoms with Crippen LogP contribution in [0.15, 0.2) is 18.2 Å². The minimum atomic E-state index is -0.363. The number of rotatable bonds is 8. The van der Waals surface area contributed by atoms with Crippen LogP contribution in [0.1, 0.15) is 19.8 Å². The quantitative estimate of drug-likeness (QED) is 0.632. The fourth-order valence-electron chi connectivity index (χ4n) is 1.88. The van der Waals surface area contributed by atoms with Gasteiger partial charge in [-0.2, -0.15) is 0 Å². The van der Waals surface area contributed by atoms with Crippen molar-refractivity contribution in [2.24, 2.45) is 5.73 Å². The van der Waals surface area contributed by atoms with E-state index in [0.29, 0.717) is 35.8 Å². The maximum absolute atomic E-state index is 11.8. The van der Waals surface area contributed by atoms with Crippen LogP contribution in [0.3, 0.4) is 0 Å². The first-order valence-electron chi connectivity index (χ1n) is 6.78. The molecule has 0 fully saturated rings. The average molecular weight is 313 g/mol. The summed E-state index contributed by atoms with van der Waals surface area (Å²) >= 11 is 5.81. The third kappa shape index (κ3) is 6.46. The lowest BCUT2D eigenvalue weighted by Crippen LogP contribution is -2.34. The molecule has 0 saturated carbocycles. The molecule has 1 aromatic rings. The molecule has 0 aliphatic rings. The number of hydrogen-bond acceptors (Lipinski definition) is 4. The van der Waals surface area contributed by atoms with Gasteiger partial charge in [0, 0.05) is 12.1 Å². The van der Waals surface area contributed by atoms with Crippen LogP contribution in [-0.2, 0) is 9.59 Å². The number of likely N-dealkylation sites (N-methyl/N-ethyl adjacent to an activating group) is 1. The highest BCUT2D eigenvalue weighted by Crippen LogP contribution is 2.22. The SMILES string of the molecule is CCN(CCCC(=O)Nc1ccc(Cl)c(N)c1)CC(N)=O. The van der Waals surface area contributed by atoms with Gasteiger partial charge in [0.2, 0.25) is 11.8 Å². The first-order chi connectivity index (χ1) is 9.92. The molecule has 0 unspecified atom stereocenters. The first-order valence-corrected chi connectivity index (χ1v) is 7.15. The van der Waals surface area contributed by atoms with E-state index in [1.165, 1.54) is 0 Å². The van der Waals surface area contributed by atoms with Gasteiger partial charge in [-0.1, -0.05) is 18.5 Å². The third-order valence-electron chi connectivity index (χ3n) is 2.98. The Hall–Kier alpha value is -1.79. The number of carbonyl (C=O) groups is 2. The topological polar surface area (TPSA) is 101 Å². The second kappa shape index (κ2) is 8.49. The van der Waals surface area contributed by atoms with Crippen molar-refractivity contribution in [1.82, 2.24) is 4.90 Å². The number of carbonyl (C=O) groups excluding carboxylic acids is 2. The maximum atomic E-state index is 11.8. The molecule has 5 N–H and O–H groups in total. The van der Waals surface area contributed by atoms with Gasteiger partial charge in [-0.25, -0.2) is 0 Å². The number of nitrogens with zero attached hydrogens (tertiary/aromatic N) is 1. The summed E-state index contributed by atoms with van der Waals surface area (Å²) in [6, 6.07) is 4.95. The van der Waals surface area contributed by atoms with Crippen molar-refractivity contribution < 1.29 is 9.59 Å². The molecule has 0 aliphatic heterocycles. The lowest BCUT2D eigenvalue weighted by atomic mass is 10.2. The molecule has 0 atom stereocenters. The molecule has 6 nitrogen and oxygen atoms in total. The number of halogens is 1. The summed E-state index contributed by atoms with van der Waals surface area (Å²) < 4.78 is 0. The van der Waals surface area contributed by atoms with Gasteiger partial charge in [-0.15, -0.1) is 0 Å². The predicted octanol–water partition coefficient (Wildman–Crippen LogP) is 1.45. The Kier molecular flexibility index (Phi) is 6.98. The largest absolute Gasteiger partial charge is 0.397 e. The summed E-state index contributed by atoms with van der Waals surface area (Å²) in [7, 11) is 0. The highest BCUT2D eigenvalue weighted by molar-refractivity contribution is 6.33. The fraction of sp³-hybridized carbons (Fsp3) is 0.429. The Morgan fingerprint density at radius 1 is 1.38 bits per heavy atom. The number of hydrogen-bond donors (Lipinski definition) is 3. The standard InChI is InChI=1S/C14H21ClN4O2/c1-2-19(9-13(17)20)7-3-4-14(21)18-10-5-6-11(15)12(16)8-10/h5-6,8H,2-4,7,9,16H2,1H3,(H2,17,20)(H,18,21). The van der Waals surface area contributed by atoms with Gasteiger partial charge in [0.15, 0.2) is 0 Å². The van der Waals surface area contributed by atoms with Gasteiger partial charge in [0.05, 0.1) is 17.3 Å². The lowest BCUT2D eigenvalue weighted by Gasteiger charge is -2.17. The molecular weight excluding hydrogens is 292 g/mol. The minimum absolute atomic E-state index is 0.105. The predicted molar refractivity (Wildman–Crippen MR) is 85.0 cm³/mol. The number of nitrogens with two attached hydrogens (primary N) is 2. The molecule has 0 heterocycles.